The Labute approximate surface area is 139 Å². The highest BCUT2D eigenvalue weighted by Gasteiger charge is 2.47. The van der Waals surface area contributed by atoms with Crippen LogP contribution in [0.4, 0.5) is 20.6 Å². The monoisotopic (exact) mass is 337 g/mol. The van der Waals surface area contributed by atoms with Gasteiger partial charge in [-0.05, 0) is 39.3 Å². The number of halogens is 1. The summed E-state index contributed by atoms with van der Waals surface area (Å²) >= 11 is 0. The fourth-order valence-corrected chi connectivity index (χ4v) is 3.39. The summed E-state index contributed by atoms with van der Waals surface area (Å²) in [5.74, 6) is -0.634. The van der Waals surface area contributed by atoms with Gasteiger partial charge < -0.3 is 14.5 Å². The molecule has 24 heavy (non-hydrogen) atoms. The molecule has 2 aliphatic rings. The quantitative estimate of drug-likeness (QED) is 0.612. The third-order valence-corrected chi connectivity index (χ3v) is 4.31. The molecule has 0 N–H and O–H groups in total. The number of likely N-dealkylation sites (tertiary alicyclic amines) is 1. The first-order valence-corrected chi connectivity index (χ1v) is 7.86. The zero-order valence-electron chi connectivity index (χ0n) is 13.9. The Morgan fingerprint density at radius 1 is 1.33 bits per heavy atom. The van der Waals surface area contributed by atoms with Crippen LogP contribution in [0.2, 0.25) is 0 Å². The lowest BCUT2D eigenvalue weighted by atomic mass is 10.2. The van der Waals surface area contributed by atoms with Crippen LogP contribution in [0.1, 0.15) is 27.2 Å². The molecule has 2 heterocycles. The predicted octanol–water partition coefficient (Wildman–Crippen LogP) is 2.93. The van der Waals surface area contributed by atoms with E-state index >= 15 is 0 Å². The van der Waals surface area contributed by atoms with Crippen molar-refractivity contribution in [3.63, 3.8) is 0 Å². The largest absolute Gasteiger partial charge is 0.444 e. The third kappa shape index (κ3) is 3.00. The smallest absolute Gasteiger partial charge is 0.410 e. The molecule has 1 aromatic rings. The second kappa shape index (κ2) is 5.61. The van der Waals surface area contributed by atoms with Crippen molar-refractivity contribution in [2.75, 3.05) is 18.0 Å². The van der Waals surface area contributed by atoms with E-state index in [-0.39, 0.29) is 23.9 Å². The SMILES string of the molecule is CC(C)(C)OC(=O)N1C[C@@H]2C[C@H]1CN2c1ccc(F)cc1[N+](=O)[O-]. The number of carbonyl (C=O) groups excluding carboxylic acids is 1. The number of hydrogen-bond donors (Lipinski definition) is 0. The fraction of sp³-hybridized carbons (Fsp3) is 0.562. The Bertz CT molecular complexity index is 688. The van der Waals surface area contributed by atoms with Gasteiger partial charge in [0, 0.05) is 19.1 Å². The number of fused-ring (bicyclic) bond motifs is 2. The van der Waals surface area contributed by atoms with Gasteiger partial charge in [-0.15, -0.1) is 0 Å². The van der Waals surface area contributed by atoms with E-state index in [1.54, 1.807) is 4.90 Å². The van der Waals surface area contributed by atoms with Crippen LogP contribution in [0.25, 0.3) is 0 Å². The van der Waals surface area contributed by atoms with E-state index in [1.165, 1.54) is 12.1 Å². The summed E-state index contributed by atoms with van der Waals surface area (Å²) in [5, 5.41) is 11.2. The lowest BCUT2D eigenvalue weighted by Gasteiger charge is -2.36. The molecule has 0 aliphatic carbocycles. The number of nitrogens with zero attached hydrogens (tertiary/aromatic N) is 3. The number of ether oxygens (including phenoxy) is 1. The van der Waals surface area contributed by atoms with Gasteiger partial charge in [0.15, 0.2) is 0 Å². The minimum atomic E-state index is -0.634. The summed E-state index contributed by atoms with van der Waals surface area (Å²) in [6.45, 7) is 6.37. The van der Waals surface area contributed by atoms with Crippen molar-refractivity contribution in [3.8, 4) is 0 Å². The van der Waals surface area contributed by atoms with E-state index < -0.39 is 16.3 Å². The topological polar surface area (TPSA) is 75.9 Å². The summed E-state index contributed by atoms with van der Waals surface area (Å²) in [5.41, 5.74) is -0.405. The van der Waals surface area contributed by atoms with Gasteiger partial charge in [-0.3, -0.25) is 10.1 Å². The molecule has 1 amide bonds. The number of hydrogen-bond acceptors (Lipinski definition) is 5. The van der Waals surface area contributed by atoms with Gasteiger partial charge in [-0.2, -0.15) is 0 Å². The van der Waals surface area contributed by atoms with Gasteiger partial charge in [-0.25, -0.2) is 9.18 Å². The Morgan fingerprint density at radius 2 is 2.04 bits per heavy atom. The molecule has 0 spiro atoms. The molecule has 0 radical (unpaired) electrons. The van der Waals surface area contributed by atoms with Gasteiger partial charge in [0.05, 0.1) is 17.0 Å². The molecule has 2 bridgehead atoms. The van der Waals surface area contributed by atoms with Gasteiger partial charge in [0.1, 0.15) is 17.1 Å². The van der Waals surface area contributed by atoms with Gasteiger partial charge >= 0.3 is 6.09 Å². The van der Waals surface area contributed by atoms with Crippen LogP contribution in [-0.4, -0.2) is 46.7 Å². The average Bonchev–Trinajstić information content (AvgIpc) is 3.05. The summed E-state index contributed by atoms with van der Waals surface area (Å²) in [6.07, 6.45) is 0.372. The number of nitro groups is 1. The first-order valence-electron chi connectivity index (χ1n) is 7.86. The van der Waals surface area contributed by atoms with Crippen molar-refractivity contribution >= 4 is 17.5 Å². The summed E-state index contributed by atoms with van der Waals surface area (Å²) in [4.78, 5) is 26.4. The molecule has 0 aromatic heterocycles. The van der Waals surface area contributed by atoms with E-state index in [4.69, 9.17) is 4.74 Å². The standard InChI is InChI=1S/C16H20FN3O4/c1-16(2,3)24-15(21)19-9-11-7-12(19)8-18(11)13-5-4-10(17)6-14(13)20(22)23/h4-6,11-12H,7-9H2,1-3H3/t11-,12-/m0/s1. The van der Waals surface area contributed by atoms with E-state index in [0.717, 1.165) is 12.5 Å². The van der Waals surface area contributed by atoms with E-state index in [2.05, 4.69) is 0 Å². The van der Waals surface area contributed by atoms with Crippen LogP contribution in [0.5, 0.6) is 0 Å². The van der Waals surface area contributed by atoms with Crippen LogP contribution < -0.4 is 4.90 Å². The summed E-state index contributed by atoms with van der Waals surface area (Å²) in [6, 6.07) is 3.53. The van der Waals surface area contributed by atoms with E-state index in [1.807, 2.05) is 25.7 Å². The van der Waals surface area contributed by atoms with Crippen molar-refractivity contribution in [2.24, 2.45) is 0 Å². The van der Waals surface area contributed by atoms with Crippen LogP contribution >= 0.6 is 0 Å². The zero-order valence-corrected chi connectivity index (χ0v) is 13.9. The molecule has 7 nitrogen and oxygen atoms in total. The van der Waals surface area contributed by atoms with E-state index in [0.29, 0.717) is 18.8 Å². The molecule has 2 fully saturated rings. The second-order valence-corrected chi connectivity index (χ2v) is 7.22. The first kappa shape index (κ1) is 16.5. The van der Waals surface area contributed by atoms with Crippen molar-refractivity contribution in [1.29, 1.82) is 0 Å². The van der Waals surface area contributed by atoms with Crippen LogP contribution in [0.15, 0.2) is 18.2 Å². The molecule has 130 valence electrons. The molecule has 8 heteroatoms. The van der Waals surface area contributed by atoms with E-state index in [9.17, 15) is 19.3 Å². The molecule has 0 saturated carbocycles. The second-order valence-electron chi connectivity index (χ2n) is 7.22. The highest BCUT2D eigenvalue weighted by atomic mass is 19.1. The highest BCUT2D eigenvalue weighted by molar-refractivity contribution is 5.71. The Hall–Kier alpha value is -2.38. The minimum Gasteiger partial charge on any atom is -0.444 e. The maximum atomic E-state index is 13.3. The lowest BCUT2D eigenvalue weighted by Crippen LogP contribution is -2.50. The maximum absolute atomic E-state index is 13.3. The normalized spacial score (nSPS) is 22.8. The number of nitro benzene ring substituents is 1. The molecule has 2 saturated heterocycles. The summed E-state index contributed by atoms with van der Waals surface area (Å²) in [7, 11) is 0. The van der Waals surface area contributed by atoms with Gasteiger partial charge in [0.2, 0.25) is 0 Å². The van der Waals surface area contributed by atoms with Crippen molar-refractivity contribution in [2.45, 2.75) is 44.9 Å². The maximum Gasteiger partial charge on any atom is 0.410 e. The fourth-order valence-electron chi connectivity index (χ4n) is 3.39. The summed E-state index contributed by atoms with van der Waals surface area (Å²) < 4.78 is 18.7. The first-order chi connectivity index (χ1) is 11.2. The van der Waals surface area contributed by atoms with Crippen molar-refractivity contribution < 1.29 is 18.8 Å². The molecule has 1 aromatic carbocycles. The number of rotatable bonds is 2. The van der Waals surface area contributed by atoms with Crippen molar-refractivity contribution in [3.05, 3.63) is 34.1 Å². The molecule has 2 aliphatic heterocycles. The minimum absolute atomic E-state index is 0.0216. The number of benzene rings is 1. The zero-order chi connectivity index (χ0) is 17.6. The van der Waals surface area contributed by atoms with Crippen LogP contribution in [0.3, 0.4) is 0 Å². The number of piperazine rings is 1. The molecule has 2 atom stereocenters. The molecule has 0 unspecified atom stereocenters. The van der Waals surface area contributed by atoms with Crippen LogP contribution in [-0.2, 0) is 4.74 Å². The Balaban J connectivity index is 1.77. The Kier molecular flexibility index (Phi) is 3.85. The Morgan fingerprint density at radius 3 is 2.58 bits per heavy atom. The number of anilines is 1. The van der Waals surface area contributed by atoms with Gasteiger partial charge in [-0.1, -0.05) is 0 Å². The number of amides is 1. The molecule has 3 rings (SSSR count). The highest BCUT2D eigenvalue weighted by Crippen LogP contribution is 2.39. The molecular weight excluding hydrogens is 317 g/mol. The average molecular weight is 337 g/mol. The van der Waals surface area contributed by atoms with Crippen molar-refractivity contribution in [1.82, 2.24) is 4.90 Å². The van der Waals surface area contributed by atoms with Gasteiger partial charge in [0.25, 0.3) is 5.69 Å². The third-order valence-electron chi connectivity index (χ3n) is 4.31. The number of carbonyl (C=O) groups is 1. The lowest BCUT2D eigenvalue weighted by molar-refractivity contribution is -0.384. The van der Waals surface area contributed by atoms with Crippen LogP contribution in [0, 0.1) is 15.9 Å². The predicted molar refractivity (Wildman–Crippen MR) is 85.5 cm³/mol. The molecular formula is C16H20FN3O4.